The lowest BCUT2D eigenvalue weighted by atomic mass is 10.0. The van der Waals surface area contributed by atoms with Crippen molar-refractivity contribution in [1.29, 1.82) is 0 Å². The maximum Gasteiger partial charge on any atom is 0.419 e. The molecule has 0 spiro atoms. The van der Waals surface area contributed by atoms with Gasteiger partial charge in [-0.15, -0.1) is 0 Å². The molecular weight excluding hydrogens is 422 g/mol. The molecule has 166 valence electrons. The van der Waals surface area contributed by atoms with Gasteiger partial charge in [0, 0.05) is 26.2 Å². The maximum atomic E-state index is 12.8. The molecule has 0 bridgehead atoms. The van der Waals surface area contributed by atoms with Crippen LogP contribution in [0.25, 0.3) is 11.1 Å². The van der Waals surface area contributed by atoms with E-state index in [4.69, 9.17) is 4.42 Å². The fourth-order valence-corrected chi connectivity index (χ4v) is 5.36. The first-order valence-corrected chi connectivity index (χ1v) is 11.5. The highest BCUT2D eigenvalue weighted by Gasteiger charge is 2.48. The summed E-state index contributed by atoms with van der Waals surface area (Å²) >= 11 is 0. The van der Waals surface area contributed by atoms with Crippen LogP contribution < -0.4 is 11.1 Å². The summed E-state index contributed by atoms with van der Waals surface area (Å²) in [5.74, 6) is -0.423. The highest BCUT2D eigenvalue weighted by molar-refractivity contribution is 7.89. The number of aromatic nitrogens is 1. The third-order valence-electron chi connectivity index (χ3n) is 5.57. The summed E-state index contributed by atoms with van der Waals surface area (Å²) in [4.78, 5) is 12.1. The van der Waals surface area contributed by atoms with Gasteiger partial charge in [0.15, 0.2) is 5.58 Å². The minimum absolute atomic E-state index is 0.0238. The van der Waals surface area contributed by atoms with E-state index < -0.39 is 27.5 Å². The fraction of sp³-hybridized carbons (Fsp3) is 0.381. The number of hydrogen-bond acceptors (Lipinski definition) is 7. The molecule has 0 saturated carbocycles. The zero-order chi connectivity index (χ0) is 22.1. The van der Waals surface area contributed by atoms with Gasteiger partial charge >= 0.3 is 5.76 Å². The van der Waals surface area contributed by atoms with Gasteiger partial charge < -0.3 is 19.9 Å². The van der Waals surface area contributed by atoms with Crippen LogP contribution in [0, 0.1) is 0 Å². The lowest BCUT2D eigenvalue weighted by Crippen LogP contribution is -2.50. The number of hydrogen-bond donors (Lipinski definition) is 3. The molecule has 2 atom stereocenters. The van der Waals surface area contributed by atoms with E-state index in [-0.39, 0.29) is 24.5 Å². The predicted octanol–water partition coefficient (Wildman–Crippen LogP) is 0.371. The van der Waals surface area contributed by atoms with E-state index in [1.54, 1.807) is 34.9 Å². The SMILES string of the molecule is O=c1oc2ccccc2n1CCCNC[C@]1(O)CN(S(=O)(=O)c2ccccc2)C[C@H]1O. The Morgan fingerprint density at radius 1 is 1.13 bits per heavy atom. The number of nitrogens with zero attached hydrogens (tertiary/aromatic N) is 2. The van der Waals surface area contributed by atoms with E-state index in [0.717, 1.165) is 9.82 Å². The number of oxazole rings is 1. The number of fused-ring (bicyclic) bond motifs is 1. The van der Waals surface area contributed by atoms with E-state index in [2.05, 4.69) is 5.32 Å². The number of para-hydroxylation sites is 2. The van der Waals surface area contributed by atoms with Crippen LogP contribution in [0.5, 0.6) is 0 Å². The molecule has 3 N–H and O–H groups in total. The van der Waals surface area contributed by atoms with Crippen molar-refractivity contribution in [1.82, 2.24) is 14.2 Å². The van der Waals surface area contributed by atoms with Gasteiger partial charge in [0.1, 0.15) is 5.60 Å². The summed E-state index contributed by atoms with van der Waals surface area (Å²) in [6, 6.07) is 15.1. The molecule has 31 heavy (non-hydrogen) atoms. The summed E-state index contributed by atoms with van der Waals surface area (Å²) in [5.41, 5.74) is -0.344. The van der Waals surface area contributed by atoms with Gasteiger partial charge in [-0.3, -0.25) is 4.57 Å². The van der Waals surface area contributed by atoms with Crippen molar-refractivity contribution in [3.8, 4) is 0 Å². The van der Waals surface area contributed by atoms with Crippen molar-refractivity contribution in [2.75, 3.05) is 26.2 Å². The molecule has 1 aliphatic heterocycles. The number of nitrogens with one attached hydrogen (secondary N) is 1. The Morgan fingerprint density at radius 2 is 1.84 bits per heavy atom. The molecule has 1 aromatic heterocycles. The number of benzene rings is 2. The molecule has 2 heterocycles. The van der Waals surface area contributed by atoms with Gasteiger partial charge in [0.25, 0.3) is 0 Å². The molecule has 0 unspecified atom stereocenters. The Bertz CT molecular complexity index is 1210. The maximum absolute atomic E-state index is 12.8. The van der Waals surface area contributed by atoms with Crippen LogP contribution in [-0.2, 0) is 16.6 Å². The zero-order valence-corrected chi connectivity index (χ0v) is 17.7. The molecule has 10 heteroatoms. The smallest absolute Gasteiger partial charge is 0.408 e. The van der Waals surface area contributed by atoms with Crippen LogP contribution in [0.15, 0.2) is 68.7 Å². The van der Waals surface area contributed by atoms with Crippen molar-refractivity contribution >= 4 is 21.1 Å². The first-order chi connectivity index (χ1) is 14.8. The Labute approximate surface area is 179 Å². The van der Waals surface area contributed by atoms with Crippen LogP contribution in [-0.4, -0.2) is 65.4 Å². The molecule has 0 amide bonds. The van der Waals surface area contributed by atoms with Crippen molar-refractivity contribution in [3.63, 3.8) is 0 Å². The Kier molecular flexibility index (Phi) is 6.00. The lowest BCUT2D eigenvalue weighted by Gasteiger charge is -2.26. The highest BCUT2D eigenvalue weighted by Crippen LogP contribution is 2.27. The lowest BCUT2D eigenvalue weighted by molar-refractivity contribution is -0.0381. The Morgan fingerprint density at radius 3 is 2.61 bits per heavy atom. The number of sulfonamides is 1. The summed E-state index contributed by atoms with van der Waals surface area (Å²) in [5, 5.41) is 24.2. The van der Waals surface area contributed by atoms with Gasteiger partial charge in [0.05, 0.1) is 16.5 Å². The summed E-state index contributed by atoms with van der Waals surface area (Å²) < 4.78 is 33.4. The largest absolute Gasteiger partial charge is 0.419 e. The number of rotatable bonds is 8. The quantitative estimate of drug-likeness (QED) is 0.426. The summed E-state index contributed by atoms with van der Waals surface area (Å²) in [7, 11) is -3.80. The second-order valence-corrected chi connectivity index (χ2v) is 9.69. The van der Waals surface area contributed by atoms with Crippen LogP contribution in [0.2, 0.25) is 0 Å². The number of aliphatic hydroxyl groups is 2. The number of β-amino-alcohol motifs (C(OH)–C–C–N with tert-alkyl or cyclic N) is 2. The normalized spacial score (nSPS) is 22.3. The molecule has 2 aromatic carbocycles. The molecule has 9 nitrogen and oxygen atoms in total. The topological polar surface area (TPSA) is 125 Å². The highest BCUT2D eigenvalue weighted by atomic mass is 32.2. The number of aryl methyl sites for hydroxylation is 1. The molecule has 1 aliphatic rings. The molecule has 0 aliphatic carbocycles. The second kappa shape index (κ2) is 8.56. The second-order valence-electron chi connectivity index (χ2n) is 7.75. The van der Waals surface area contributed by atoms with Crippen LogP contribution >= 0.6 is 0 Å². The van der Waals surface area contributed by atoms with Crippen molar-refractivity contribution in [3.05, 3.63) is 65.1 Å². The molecular formula is C21H25N3O6S. The van der Waals surface area contributed by atoms with Crippen molar-refractivity contribution in [2.45, 2.75) is 29.6 Å². The van der Waals surface area contributed by atoms with Crippen molar-refractivity contribution < 1.29 is 23.0 Å². The minimum Gasteiger partial charge on any atom is -0.408 e. The van der Waals surface area contributed by atoms with E-state index in [9.17, 15) is 23.4 Å². The molecule has 4 rings (SSSR count). The standard InChI is InChI=1S/C21H25N3O6S/c25-19-13-23(31(28,29)16-7-2-1-3-8-16)15-21(19,27)14-22-11-6-12-24-17-9-4-5-10-18(17)30-20(24)26/h1-5,7-10,19,22,25,27H,6,11-15H2/t19-,21+/m1/s1. The predicted molar refractivity (Wildman–Crippen MR) is 114 cm³/mol. The third-order valence-corrected chi connectivity index (χ3v) is 7.39. The van der Waals surface area contributed by atoms with Crippen LogP contribution in [0.4, 0.5) is 0 Å². The minimum atomic E-state index is -3.80. The molecule has 1 fully saturated rings. The third kappa shape index (κ3) is 4.30. The van der Waals surface area contributed by atoms with E-state index in [1.807, 2.05) is 12.1 Å². The molecule has 0 radical (unpaired) electrons. The zero-order valence-electron chi connectivity index (χ0n) is 16.8. The average Bonchev–Trinajstić information content (AvgIpc) is 3.25. The van der Waals surface area contributed by atoms with Gasteiger partial charge in [0.2, 0.25) is 10.0 Å². The van der Waals surface area contributed by atoms with Gasteiger partial charge in [-0.2, -0.15) is 4.31 Å². The Balaban J connectivity index is 1.32. The first kappa shape index (κ1) is 21.7. The van der Waals surface area contributed by atoms with E-state index in [1.165, 1.54) is 12.1 Å². The first-order valence-electron chi connectivity index (χ1n) is 10.1. The Hall–Kier alpha value is -2.50. The summed E-state index contributed by atoms with van der Waals surface area (Å²) in [6.45, 7) is 0.538. The van der Waals surface area contributed by atoms with Gasteiger partial charge in [-0.05, 0) is 37.2 Å². The molecule has 3 aromatic rings. The van der Waals surface area contributed by atoms with Gasteiger partial charge in [-0.1, -0.05) is 30.3 Å². The monoisotopic (exact) mass is 447 g/mol. The van der Waals surface area contributed by atoms with E-state index >= 15 is 0 Å². The van der Waals surface area contributed by atoms with Crippen LogP contribution in [0.3, 0.4) is 0 Å². The summed E-state index contributed by atoms with van der Waals surface area (Å²) in [6.07, 6.45) is -0.624. The van der Waals surface area contributed by atoms with E-state index in [0.29, 0.717) is 25.1 Å². The van der Waals surface area contributed by atoms with Crippen molar-refractivity contribution in [2.24, 2.45) is 0 Å². The van der Waals surface area contributed by atoms with Gasteiger partial charge in [-0.25, -0.2) is 13.2 Å². The van der Waals surface area contributed by atoms with Crippen LogP contribution in [0.1, 0.15) is 6.42 Å². The number of aliphatic hydroxyl groups excluding tert-OH is 1. The fourth-order valence-electron chi connectivity index (χ4n) is 3.83. The molecule has 1 saturated heterocycles. The average molecular weight is 448 g/mol.